The van der Waals surface area contributed by atoms with E-state index in [1.54, 1.807) is 0 Å². The minimum absolute atomic E-state index is 0.770. The molecule has 2 nitrogen and oxygen atoms in total. The van der Waals surface area contributed by atoms with E-state index in [-0.39, 0.29) is 0 Å². The lowest BCUT2D eigenvalue weighted by Gasteiger charge is -2.37. The zero-order valence-electron chi connectivity index (χ0n) is 11.6. The molecule has 96 valence electrons. The lowest BCUT2D eigenvalue weighted by molar-refractivity contribution is 0.138. The van der Waals surface area contributed by atoms with Crippen molar-refractivity contribution in [1.29, 1.82) is 0 Å². The number of hydrogen-bond donors (Lipinski definition) is 1. The SMILES string of the molecule is CCCNC1CCN(C(C)CC(C)C)CC1. The van der Waals surface area contributed by atoms with Crippen molar-refractivity contribution in [1.82, 2.24) is 10.2 Å². The summed E-state index contributed by atoms with van der Waals surface area (Å²) in [6.07, 6.45) is 5.27. The summed E-state index contributed by atoms with van der Waals surface area (Å²) in [5.41, 5.74) is 0. The predicted octanol–water partition coefficient (Wildman–Crippen LogP) is 2.89. The summed E-state index contributed by atoms with van der Waals surface area (Å²) in [4.78, 5) is 2.67. The normalized spacial score (nSPS) is 21.6. The molecule has 0 aromatic heterocycles. The van der Waals surface area contributed by atoms with Gasteiger partial charge in [0, 0.05) is 12.1 Å². The van der Waals surface area contributed by atoms with Crippen LogP contribution in [0.4, 0.5) is 0 Å². The van der Waals surface area contributed by atoms with Crippen molar-refractivity contribution in [2.24, 2.45) is 5.92 Å². The highest BCUT2D eigenvalue weighted by Crippen LogP contribution is 2.17. The fraction of sp³-hybridized carbons (Fsp3) is 1.00. The molecule has 1 saturated heterocycles. The zero-order valence-corrected chi connectivity index (χ0v) is 11.6. The first-order valence-electron chi connectivity index (χ1n) is 7.11. The third kappa shape index (κ3) is 4.84. The summed E-state index contributed by atoms with van der Waals surface area (Å²) in [7, 11) is 0. The molecule has 16 heavy (non-hydrogen) atoms. The molecule has 1 aliphatic rings. The molecule has 1 heterocycles. The highest BCUT2D eigenvalue weighted by Gasteiger charge is 2.22. The number of nitrogens with zero attached hydrogens (tertiary/aromatic N) is 1. The fourth-order valence-electron chi connectivity index (χ4n) is 2.72. The number of nitrogens with one attached hydrogen (secondary N) is 1. The van der Waals surface area contributed by atoms with E-state index in [4.69, 9.17) is 0 Å². The van der Waals surface area contributed by atoms with Crippen molar-refractivity contribution >= 4 is 0 Å². The van der Waals surface area contributed by atoms with Crippen molar-refractivity contribution in [2.45, 2.75) is 65.5 Å². The van der Waals surface area contributed by atoms with Gasteiger partial charge in [-0.1, -0.05) is 20.8 Å². The third-order valence-corrected chi connectivity index (χ3v) is 3.65. The monoisotopic (exact) mass is 226 g/mol. The summed E-state index contributed by atoms with van der Waals surface area (Å²) in [5, 5.41) is 3.64. The molecule has 1 aliphatic heterocycles. The molecule has 2 heteroatoms. The molecule has 0 radical (unpaired) electrons. The summed E-state index contributed by atoms with van der Waals surface area (Å²) in [6, 6.07) is 1.55. The molecule has 1 rings (SSSR count). The van der Waals surface area contributed by atoms with Gasteiger partial charge >= 0.3 is 0 Å². The van der Waals surface area contributed by atoms with E-state index >= 15 is 0 Å². The van der Waals surface area contributed by atoms with Gasteiger partial charge in [0.05, 0.1) is 0 Å². The number of piperidine rings is 1. The summed E-state index contributed by atoms with van der Waals surface area (Å²) < 4.78 is 0. The van der Waals surface area contributed by atoms with Gasteiger partial charge < -0.3 is 10.2 Å². The Morgan fingerprint density at radius 2 is 1.81 bits per heavy atom. The first-order chi connectivity index (χ1) is 7.63. The van der Waals surface area contributed by atoms with E-state index < -0.39 is 0 Å². The first kappa shape index (κ1) is 14.0. The van der Waals surface area contributed by atoms with E-state index in [9.17, 15) is 0 Å². The lowest BCUT2D eigenvalue weighted by Crippen LogP contribution is -2.46. The summed E-state index contributed by atoms with van der Waals surface area (Å²) in [5.74, 6) is 0.825. The highest BCUT2D eigenvalue weighted by atomic mass is 15.2. The van der Waals surface area contributed by atoms with Gasteiger partial charge in [-0.25, -0.2) is 0 Å². The quantitative estimate of drug-likeness (QED) is 0.749. The molecule has 0 spiro atoms. The molecule has 0 aliphatic carbocycles. The van der Waals surface area contributed by atoms with E-state index in [1.165, 1.54) is 45.3 Å². The maximum Gasteiger partial charge on any atom is 0.00914 e. The molecular formula is C14H30N2. The van der Waals surface area contributed by atoms with Crippen LogP contribution in [-0.4, -0.2) is 36.6 Å². The van der Waals surface area contributed by atoms with E-state index in [2.05, 4.69) is 37.9 Å². The molecule has 1 N–H and O–H groups in total. The molecule has 0 saturated carbocycles. The van der Waals surface area contributed by atoms with Crippen molar-refractivity contribution in [3.05, 3.63) is 0 Å². The predicted molar refractivity (Wildman–Crippen MR) is 71.8 cm³/mol. The summed E-state index contributed by atoms with van der Waals surface area (Å²) >= 11 is 0. The molecule has 0 amide bonds. The van der Waals surface area contributed by atoms with Crippen LogP contribution in [0.1, 0.15) is 53.4 Å². The number of hydrogen-bond acceptors (Lipinski definition) is 2. The second-order valence-electron chi connectivity index (χ2n) is 5.74. The minimum Gasteiger partial charge on any atom is -0.314 e. The molecular weight excluding hydrogens is 196 g/mol. The third-order valence-electron chi connectivity index (χ3n) is 3.65. The van der Waals surface area contributed by atoms with Gasteiger partial charge in [0.15, 0.2) is 0 Å². The molecule has 0 aromatic rings. The first-order valence-corrected chi connectivity index (χ1v) is 7.11. The molecule has 0 bridgehead atoms. The van der Waals surface area contributed by atoms with Crippen LogP contribution in [0.5, 0.6) is 0 Å². The van der Waals surface area contributed by atoms with Crippen LogP contribution < -0.4 is 5.32 Å². The largest absolute Gasteiger partial charge is 0.314 e. The van der Waals surface area contributed by atoms with Gasteiger partial charge in [-0.05, 0) is 58.2 Å². The van der Waals surface area contributed by atoms with E-state index in [0.717, 1.165) is 18.0 Å². The van der Waals surface area contributed by atoms with E-state index in [1.807, 2.05) is 0 Å². The molecule has 0 aromatic carbocycles. The zero-order chi connectivity index (χ0) is 12.0. The average molecular weight is 226 g/mol. The molecule has 1 atom stereocenters. The Morgan fingerprint density at radius 3 is 2.31 bits per heavy atom. The van der Waals surface area contributed by atoms with Gasteiger partial charge in [-0.15, -0.1) is 0 Å². The fourth-order valence-corrected chi connectivity index (χ4v) is 2.72. The Labute approximate surface area is 102 Å². The topological polar surface area (TPSA) is 15.3 Å². The van der Waals surface area contributed by atoms with Gasteiger partial charge in [-0.2, -0.15) is 0 Å². The maximum atomic E-state index is 3.64. The molecule has 1 fully saturated rings. The second kappa shape index (κ2) is 7.29. The Balaban J connectivity index is 2.20. The smallest absolute Gasteiger partial charge is 0.00914 e. The van der Waals surface area contributed by atoms with Gasteiger partial charge in [-0.3, -0.25) is 0 Å². The van der Waals surface area contributed by atoms with Crippen LogP contribution in [0, 0.1) is 5.92 Å². The van der Waals surface area contributed by atoms with Crippen LogP contribution in [-0.2, 0) is 0 Å². The Bertz CT molecular complexity index is 172. The van der Waals surface area contributed by atoms with Crippen molar-refractivity contribution in [3.63, 3.8) is 0 Å². The average Bonchev–Trinajstić information content (AvgIpc) is 2.26. The Morgan fingerprint density at radius 1 is 1.19 bits per heavy atom. The van der Waals surface area contributed by atoms with E-state index in [0.29, 0.717) is 0 Å². The van der Waals surface area contributed by atoms with Crippen LogP contribution >= 0.6 is 0 Å². The number of rotatable bonds is 6. The van der Waals surface area contributed by atoms with Gasteiger partial charge in [0.1, 0.15) is 0 Å². The standard InChI is InChI=1S/C14H30N2/c1-5-8-15-14-6-9-16(10-7-14)13(4)11-12(2)3/h12-15H,5-11H2,1-4H3. The maximum absolute atomic E-state index is 3.64. The van der Waals surface area contributed by atoms with Crippen LogP contribution in [0.15, 0.2) is 0 Å². The van der Waals surface area contributed by atoms with Crippen LogP contribution in [0.2, 0.25) is 0 Å². The van der Waals surface area contributed by atoms with Crippen molar-refractivity contribution in [3.8, 4) is 0 Å². The van der Waals surface area contributed by atoms with Crippen LogP contribution in [0.3, 0.4) is 0 Å². The van der Waals surface area contributed by atoms with Crippen LogP contribution in [0.25, 0.3) is 0 Å². The highest BCUT2D eigenvalue weighted by molar-refractivity contribution is 4.80. The summed E-state index contributed by atoms with van der Waals surface area (Å²) in [6.45, 7) is 13.0. The number of likely N-dealkylation sites (tertiary alicyclic amines) is 1. The van der Waals surface area contributed by atoms with Gasteiger partial charge in [0.2, 0.25) is 0 Å². The minimum atomic E-state index is 0.770. The molecule has 1 unspecified atom stereocenters. The Kier molecular flexibility index (Phi) is 6.37. The van der Waals surface area contributed by atoms with Crippen molar-refractivity contribution in [2.75, 3.05) is 19.6 Å². The second-order valence-corrected chi connectivity index (χ2v) is 5.74. The lowest BCUT2D eigenvalue weighted by atomic mass is 9.99. The van der Waals surface area contributed by atoms with Gasteiger partial charge in [0.25, 0.3) is 0 Å². The Hall–Kier alpha value is -0.0800. The van der Waals surface area contributed by atoms with Crippen molar-refractivity contribution < 1.29 is 0 Å².